The summed E-state index contributed by atoms with van der Waals surface area (Å²) in [6, 6.07) is 10.2. The number of rotatable bonds is 6. The lowest BCUT2D eigenvalue weighted by Crippen LogP contribution is -2.41. The average molecular weight is 390 g/mol. The van der Waals surface area contributed by atoms with E-state index in [1.54, 1.807) is 37.6 Å². The van der Waals surface area contributed by atoms with E-state index in [9.17, 15) is 13.2 Å². The molecular formula is C18H22N4O4S. The van der Waals surface area contributed by atoms with Crippen LogP contribution in [0.2, 0.25) is 0 Å². The fraction of sp³-hybridized carbons (Fsp3) is 0.333. The Labute approximate surface area is 158 Å². The van der Waals surface area contributed by atoms with Crippen molar-refractivity contribution in [2.75, 3.05) is 34.2 Å². The van der Waals surface area contributed by atoms with Gasteiger partial charge < -0.3 is 14.6 Å². The van der Waals surface area contributed by atoms with E-state index in [0.717, 1.165) is 5.76 Å². The zero-order valence-electron chi connectivity index (χ0n) is 15.4. The van der Waals surface area contributed by atoms with Gasteiger partial charge in [0.05, 0.1) is 18.8 Å². The van der Waals surface area contributed by atoms with Crippen molar-refractivity contribution in [3.8, 4) is 0 Å². The molecule has 0 saturated carbocycles. The second-order valence-electron chi connectivity index (χ2n) is 6.54. The summed E-state index contributed by atoms with van der Waals surface area (Å²) in [6.07, 6.45) is 1.59. The standard InChI is InChI=1S/C18H22N4O4S/c1-21(2)14(15-8-6-10-26-15)11-19-17(23)12-22(3)18-13-7-4-5-9-16(13)27(24,25)20-18/h4-10,14H,11-12H2,1-3H3,(H,19,23). The van der Waals surface area contributed by atoms with Crippen LogP contribution in [0.4, 0.5) is 0 Å². The second-order valence-corrected chi connectivity index (χ2v) is 8.11. The third kappa shape index (κ3) is 4.04. The summed E-state index contributed by atoms with van der Waals surface area (Å²) in [5, 5.41) is 2.86. The Kier molecular flexibility index (Phi) is 5.33. The summed E-state index contributed by atoms with van der Waals surface area (Å²) in [7, 11) is 1.74. The van der Waals surface area contributed by atoms with E-state index in [2.05, 4.69) is 9.71 Å². The number of carbonyl (C=O) groups is 1. The minimum atomic E-state index is -3.71. The van der Waals surface area contributed by atoms with Gasteiger partial charge in [-0.25, -0.2) is 0 Å². The molecule has 0 bridgehead atoms. The molecule has 8 nitrogen and oxygen atoms in total. The van der Waals surface area contributed by atoms with E-state index in [0.29, 0.717) is 12.1 Å². The van der Waals surface area contributed by atoms with Crippen molar-refractivity contribution in [2.45, 2.75) is 10.9 Å². The molecule has 1 aliphatic heterocycles. The van der Waals surface area contributed by atoms with Gasteiger partial charge >= 0.3 is 0 Å². The summed E-state index contributed by atoms with van der Waals surface area (Å²) in [5.41, 5.74) is 0.509. The normalized spacial score (nSPS) is 15.9. The van der Waals surface area contributed by atoms with E-state index in [-0.39, 0.29) is 29.2 Å². The molecule has 0 fully saturated rings. The number of hydrogen-bond donors (Lipinski definition) is 1. The highest BCUT2D eigenvalue weighted by molar-refractivity contribution is 7.90. The lowest BCUT2D eigenvalue weighted by Gasteiger charge is -2.24. The van der Waals surface area contributed by atoms with Crippen molar-refractivity contribution < 1.29 is 17.6 Å². The SMILES string of the molecule is CN(CC(=O)NCC(c1ccco1)N(C)C)C1=NS(=O)(=O)c2ccccc21. The molecule has 0 radical (unpaired) electrons. The quantitative estimate of drug-likeness (QED) is 0.793. The maximum absolute atomic E-state index is 12.4. The number of amidine groups is 1. The first kappa shape index (κ1) is 19.1. The van der Waals surface area contributed by atoms with Gasteiger partial charge in [0.1, 0.15) is 10.7 Å². The number of hydrogen-bond acceptors (Lipinski definition) is 6. The minimum absolute atomic E-state index is 0.0129. The van der Waals surface area contributed by atoms with Crippen molar-refractivity contribution in [3.63, 3.8) is 0 Å². The molecule has 27 heavy (non-hydrogen) atoms. The second kappa shape index (κ2) is 7.53. The zero-order valence-corrected chi connectivity index (χ0v) is 16.2. The fourth-order valence-electron chi connectivity index (χ4n) is 2.94. The van der Waals surface area contributed by atoms with E-state index >= 15 is 0 Å². The summed E-state index contributed by atoms with van der Waals surface area (Å²) in [5.74, 6) is 0.796. The molecule has 2 heterocycles. The molecule has 1 unspecified atom stereocenters. The van der Waals surface area contributed by atoms with Gasteiger partial charge in [0.15, 0.2) is 5.84 Å². The Morgan fingerprint density at radius 1 is 1.19 bits per heavy atom. The number of likely N-dealkylation sites (N-methyl/N-ethyl adjacent to an activating group) is 2. The van der Waals surface area contributed by atoms with Gasteiger partial charge in [0.2, 0.25) is 5.91 Å². The minimum Gasteiger partial charge on any atom is -0.468 e. The number of fused-ring (bicyclic) bond motifs is 1. The molecular weight excluding hydrogens is 368 g/mol. The van der Waals surface area contributed by atoms with Crippen molar-refractivity contribution in [1.82, 2.24) is 15.1 Å². The van der Waals surface area contributed by atoms with Crippen molar-refractivity contribution in [1.29, 1.82) is 0 Å². The lowest BCUT2D eigenvalue weighted by atomic mass is 10.2. The predicted octanol–water partition coefficient (Wildman–Crippen LogP) is 1.08. The van der Waals surface area contributed by atoms with Gasteiger partial charge in [-0.1, -0.05) is 12.1 Å². The van der Waals surface area contributed by atoms with Crippen LogP contribution in [0.5, 0.6) is 0 Å². The van der Waals surface area contributed by atoms with Crippen molar-refractivity contribution in [2.24, 2.45) is 4.40 Å². The highest BCUT2D eigenvalue weighted by Crippen LogP contribution is 2.26. The number of sulfonamides is 1. The van der Waals surface area contributed by atoms with E-state index in [1.807, 2.05) is 25.1 Å². The summed E-state index contributed by atoms with van der Waals surface area (Å²) in [4.78, 5) is 16.0. The molecule has 1 aliphatic rings. The highest BCUT2D eigenvalue weighted by Gasteiger charge is 2.31. The van der Waals surface area contributed by atoms with Gasteiger partial charge in [-0.3, -0.25) is 9.69 Å². The number of nitrogens with one attached hydrogen (secondary N) is 1. The number of carbonyl (C=O) groups excluding carboxylic acids is 1. The largest absolute Gasteiger partial charge is 0.468 e. The average Bonchev–Trinajstić information content (AvgIpc) is 3.22. The monoisotopic (exact) mass is 390 g/mol. The van der Waals surface area contributed by atoms with Gasteiger partial charge in [-0.05, 0) is 38.4 Å². The summed E-state index contributed by atoms with van der Waals surface area (Å²) in [6.45, 7) is 0.357. The topological polar surface area (TPSA) is 95.2 Å². The maximum Gasteiger partial charge on any atom is 0.285 e. The van der Waals surface area contributed by atoms with E-state index in [4.69, 9.17) is 4.42 Å². The molecule has 1 atom stereocenters. The summed E-state index contributed by atoms with van der Waals surface area (Å²) >= 11 is 0. The van der Waals surface area contributed by atoms with Gasteiger partial charge in [0.25, 0.3) is 10.0 Å². The number of amides is 1. The van der Waals surface area contributed by atoms with Crippen LogP contribution >= 0.6 is 0 Å². The summed E-state index contributed by atoms with van der Waals surface area (Å²) < 4.78 is 33.5. The third-order valence-corrected chi connectivity index (χ3v) is 5.67. The Morgan fingerprint density at radius 2 is 1.93 bits per heavy atom. The molecule has 1 N–H and O–H groups in total. The van der Waals surface area contributed by atoms with Gasteiger partial charge in [0, 0.05) is 19.2 Å². The number of nitrogens with zero attached hydrogens (tertiary/aromatic N) is 3. The molecule has 9 heteroatoms. The first-order valence-corrected chi connectivity index (χ1v) is 9.85. The fourth-order valence-corrected chi connectivity index (χ4v) is 4.19. The van der Waals surface area contributed by atoms with Crippen LogP contribution in [-0.2, 0) is 14.8 Å². The molecule has 1 aromatic carbocycles. The Hall–Kier alpha value is -2.65. The number of furan rings is 1. The Bertz CT molecular complexity index is 952. The molecule has 3 rings (SSSR count). The van der Waals surface area contributed by atoms with E-state index in [1.165, 1.54) is 11.0 Å². The van der Waals surface area contributed by atoms with Crippen LogP contribution in [0.1, 0.15) is 17.4 Å². The van der Waals surface area contributed by atoms with Crippen LogP contribution in [0, 0.1) is 0 Å². The van der Waals surface area contributed by atoms with E-state index < -0.39 is 10.0 Å². The van der Waals surface area contributed by atoms with Gasteiger partial charge in [-0.15, -0.1) is 4.40 Å². The van der Waals surface area contributed by atoms with Gasteiger partial charge in [-0.2, -0.15) is 8.42 Å². The predicted molar refractivity (Wildman–Crippen MR) is 101 cm³/mol. The van der Waals surface area contributed by atoms with Crippen molar-refractivity contribution in [3.05, 3.63) is 54.0 Å². The molecule has 0 aliphatic carbocycles. The maximum atomic E-state index is 12.4. The first-order chi connectivity index (χ1) is 12.8. The molecule has 0 spiro atoms. The van der Waals surface area contributed by atoms with Crippen LogP contribution in [0.25, 0.3) is 0 Å². The van der Waals surface area contributed by atoms with Crippen LogP contribution in [-0.4, -0.2) is 64.2 Å². The Balaban J connectivity index is 1.65. The van der Waals surface area contributed by atoms with Crippen LogP contribution < -0.4 is 5.32 Å². The zero-order chi connectivity index (χ0) is 19.6. The first-order valence-electron chi connectivity index (χ1n) is 8.41. The van der Waals surface area contributed by atoms with Crippen LogP contribution in [0.3, 0.4) is 0 Å². The smallest absolute Gasteiger partial charge is 0.285 e. The molecule has 1 aromatic heterocycles. The van der Waals surface area contributed by atoms with Crippen LogP contribution in [0.15, 0.2) is 56.4 Å². The Morgan fingerprint density at radius 3 is 2.59 bits per heavy atom. The molecule has 144 valence electrons. The number of benzene rings is 1. The highest BCUT2D eigenvalue weighted by atomic mass is 32.2. The lowest BCUT2D eigenvalue weighted by molar-refractivity contribution is -0.121. The molecule has 0 saturated heterocycles. The molecule has 1 amide bonds. The third-order valence-electron chi connectivity index (χ3n) is 4.34. The molecule has 2 aromatic rings. The van der Waals surface area contributed by atoms with Crippen molar-refractivity contribution >= 4 is 21.8 Å².